The minimum absolute atomic E-state index is 0.0807. The molecule has 0 radical (unpaired) electrons. The first-order valence-corrected chi connectivity index (χ1v) is 18.7. The quantitative estimate of drug-likeness (QED) is 0.0890. The van der Waals surface area contributed by atoms with E-state index in [9.17, 15) is 0 Å². The molecule has 0 bridgehead atoms. The molecule has 5 aromatic rings. The lowest BCUT2D eigenvalue weighted by Gasteiger charge is -2.26. The third kappa shape index (κ3) is 12.7. The van der Waals surface area contributed by atoms with E-state index in [1.54, 1.807) is 6.08 Å². The van der Waals surface area contributed by atoms with Crippen molar-refractivity contribution in [3.8, 4) is 22.3 Å². The van der Waals surface area contributed by atoms with E-state index in [0.717, 1.165) is 30.5 Å². The van der Waals surface area contributed by atoms with Gasteiger partial charge in [-0.25, -0.2) is 0 Å². The lowest BCUT2D eigenvalue weighted by atomic mass is 9.87. The van der Waals surface area contributed by atoms with Crippen molar-refractivity contribution in [2.45, 2.75) is 58.3 Å². The molecule has 2 atom stereocenters. The van der Waals surface area contributed by atoms with Crippen LogP contribution in [0.15, 0.2) is 199 Å². The van der Waals surface area contributed by atoms with Crippen molar-refractivity contribution in [1.29, 1.82) is 0 Å². The summed E-state index contributed by atoms with van der Waals surface area (Å²) in [6.45, 7) is 15.3. The predicted molar refractivity (Wildman–Crippen MR) is 234 cm³/mol. The molecule has 5 aromatic carbocycles. The number of hydrogen-bond acceptors (Lipinski definition) is 4. The molecule has 0 amide bonds. The molecule has 2 unspecified atom stereocenters. The van der Waals surface area contributed by atoms with Gasteiger partial charge >= 0.3 is 0 Å². The first-order chi connectivity index (χ1) is 26.3. The highest BCUT2D eigenvalue weighted by molar-refractivity contribution is 5.74. The van der Waals surface area contributed by atoms with Gasteiger partial charge in [-0.1, -0.05) is 171 Å². The Morgan fingerprint density at radius 1 is 0.778 bits per heavy atom. The molecule has 4 nitrogen and oxygen atoms in total. The Kier molecular flexibility index (Phi) is 16.4. The van der Waals surface area contributed by atoms with Gasteiger partial charge in [-0.2, -0.15) is 0 Å². The van der Waals surface area contributed by atoms with E-state index < -0.39 is 0 Å². The topological polar surface area (TPSA) is 76.4 Å². The van der Waals surface area contributed by atoms with Gasteiger partial charge in [0, 0.05) is 24.3 Å². The highest BCUT2D eigenvalue weighted by Crippen LogP contribution is 2.31. The van der Waals surface area contributed by atoms with E-state index in [-0.39, 0.29) is 11.6 Å². The average Bonchev–Trinajstić information content (AvgIpc) is 3.22. The van der Waals surface area contributed by atoms with Crippen molar-refractivity contribution in [3.05, 3.63) is 216 Å². The maximum atomic E-state index is 5.90. The zero-order valence-corrected chi connectivity index (χ0v) is 32.2. The van der Waals surface area contributed by atoms with Crippen molar-refractivity contribution in [1.82, 2.24) is 5.32 Å². The van der Waals surface area contributed by atoms with E-state index >= 15 is 0 Å². The van der Waals surface area contributed by atoms with Gasteiger partial charge in [0.15, 0.2) is 0 Å². The Labute approximate surface area is 324 Å². The van der Waals surface area contributed by atoms with Crippen LogP contribution in [0.4, 0.5) is 0 Å². The zero-order chi connectivity index (χ0) is 38.6. The van der Waals surface area contributed by atoms with Crippen LogP contribution in [-0.2, 0) is 13.1 Å². The van der Waals surface area contributed by atoms with Crippen molar-refractivity contribution >= 4 is 6.72 Å². The van der Waals surface area contributed by atoms with E-state index in [0.29, 0.717) is 6.54 Å². The molecule has 0 saturated heterocycles. The van der Waals surface area contributed by atoms with Crippen LogP contribution in [0.1, 0.15) is 61.9 Å². The molecule has 0 heterocycles. The summed E-state index contributed by atoms with van der Waals surface area (Å²) in [4.78, 5) is 4.43. The fourth-order valence-corrected chi connectivity index (χ4v) is 5.92. The zero-order valence-electron chi connectivity index (χ0n) is 32.2. The molecular formula is C50H56N4. The molecule has 276 valence electrons. The number of nitrogens with one attached hydrogen (secondary N) is 1. The Morgan fingerprint density at radius 2 is 1.35 bits per heavy atom. The van der Waals surface area contributed by atoms with Crippen molar-refractivity contribution in [3.63, 3.8) is 0 Å². The summed E-state index contributed by atoms with van der Waals surface area (Å²) in [5.41, 5.74) is 23.1. The van der Waals surface area contributed by atoms with Gasteiger partial charge in [0.05, 0.1) is 6.04 Å². The van der Waals surface area contributed by atoms with Gasteiger partial charge in [-0.3, -0.25) is 4.99 Å². The Balaban J connectivity index is 0.000000311. The average molecular weight is 713 g/mol. The molecule has 0 aliphatic heterocycles. The minimum atomic E-state index is -0.0885. The predicted octanol–water partition coefficient (Wildman–Crippen LogP) is 11.7. The van der Waals surface area contributed by atoms with E-state index in [2.05, 4.69) is 154 Å². The molecule has 1 aliphatic carbocycles. The largest absolute Gasteiger partial charge is 0.384 e. The van der Waals surface area contributed by atoms with Crippen LogP contribution < -0.4 is 16.8 Å². The Bertz CT molecular complexity index is 2030. The molecule has 1 aliphatic rings. The Morgan fingerprint density at radius 3 is 1.91 bits per heavy atom. The van der Waals surface area contributed by atoms with Crippen LogP contribution in [0.5, 0.6) is 0 Å². The summed E-state index contributed by atoms with van der Waals surface area (Å²) < 4.78 is 0. The molecule has 0 saturated carbocycles. The van der Waals surface area contributed by atoms with Crippen LogP contribution in [0.25, 0.3) is 22.3 Å². The second kappa shape index (κ2) is 21.7. The van der Waals surface area contributed by atoms with E-state index in [1.807, 2.05) is 60.7 Å². The number of allylic oxidation sites excluding steroid dienone is 7. The normalized spacial score (nSPS) is 15.5. The second-order valence-electron chi connectivity index (χ2n) is 13.5. The number of aliphatic imine (C=N–C) groups is 1. The van der Waals surface area contributed by atoms with Crippen LogP contribution in [0.2, 0.25) is 0 Å². The summed E-state index contributed by atoms with van der Waals surface area (Å²) in [7, 11) is 0. The lowest BCUT2D eigenvalue weighted by Crippen LogP contribution is -2.37. The number of nitrogens with zero attached hydrogens (tertiary/aromatic N) is 1. The third-order valence-electron chi connectivity index (χ3n) is 9.41. The lowest BCUT2D eigenvalue weighted by molar-refractivity contribution is 0.552. The van der Waals surface area contributed by atoms with Gasteiger partial charge in [0.2, 0.25) is 0 Å². The van der Waals surface area contributed by atoms with Gasteiger partial charge in [-0.15, -0.1) is 0 Å². The van der Waals surface area contributed by atoms with Gasteiger partial charge in [0.25, 0.3) is 0 Å². The van der Waals surface area contributed by atoms with Crippen LogP contribution in [0.3, 0.4) is 0 Å². The summed E-state index contributed by atoms with van der Waals surface area (Å²) >= 11 is 0. The van der Waals surface area contributed by atoms with E-state index in [4.69, 9.17) is 11.5 Å². The molecule has 0 aromatic heterocycles. The van der Waals surface area contributed by atoms with Crippen molar-refractivity contribution in [2.75, 3.05) is 0 Å². The van der Waals surface area contributed by atoms with Crippen LogP contribution in [0, 0.1) is 0 Å². The highest BCUT2D eigenvalue weighted by atomic mass is 14.9. The summed E-state index contributed by atoms with van der Waals surface area (Å²) in [6.07, 6.45) is 16.0. The monoisotopic (exact) mass is 712 g/mol. The molecule has 0 spiro atoms. The maximum Gasteiger partial charge on any atom is 0.0992 e. The van der Waals surface area contributed by atoms with Crippen molar-refractivity contribution in [2.24, 2.45) is 16.5 Å². The first kappa shape index (κ1) is 41.0. The molecular weight excluding hydrogens is 657 g/mol. The number of rotatable bonds is 12. The second-order valence-corrected chi connectivity index (χ2v) is 13.5. The number of benzene rings is 5. The smallest absolute Gasteiger partial charge is 0.0992 e. The maximum absolute atomic E-state index is 5.90. The highest BCUT2D eigenvalue weighted by Gasteiger charge is 2.19. The molecule has 54 heavy (non-hydrogen) atoms. The van der Waals surface area contributed by atoms with Crippen molar-refractivity contribution < 1.29 is 0 Å². The van der Waals surface area contributed by atoms with Gasteiger partial charge in [0.1, 0.15) is 0 Å². The summed E-state index contributed by atoms with van der Waals surface area (Å²) in [5.74, 6) is 0. The van der Waals surface area contributed by atoms with Crippen LogP contribution >= 0.6 is 0 Å². The third-order valence-corrected chi connectivity index (χ3v) is 9.41. The van der Waals surface area contributed by atoms with Gasteiger partial charge in [-0.05, 0) is 102 Å². The SMILES string of the molecule is C=C/C=C\C=C(/CC)NCc1cccc(-c2cccc(-c3cccc(C(N=C)c4ccccc4)c3)c2)c1.CC1=CC=CCC1(C)N.NCc1ccccc1. The standard InChI is InChI=1S/C35H34N2.C8H13N.C7H9N/c1-4-6-8-22-34(5-2)37-26-27-14-11-17-29(23-27)30-18-12-19-31(24-30)32-20-13-21-33(25-32)35(36-3)28-15-9-7-10-16-28;1-7-5-3-4-6-8(7,2)9;8-6-7-4-2-1-3-5-7/h4,6-25,35,37H,1,3,5,26H2,2H3;3-5H,6,9H2,1-2H3;1-5H,6,8H2/b8-6-,34-22+;;. The first-order valence-electron chi connectivity index (χ1n) is 18.7. The molecule has 5 N–H and O–H groups in total. The molecule has 0 fully saturated rings. The fraction of sp³-hybridized carbons (Fsp3) is 0.180. The fourth-order valence-electron chi connectivity index (χ4n) is 5.92. The Hall–Kier alpha value is -5.81. The molecule has 4 heteroatoms. The van der Waals surface area contributed by atoms with Crippen LogP contribution in [-0.4, -0.2) is 12.3 Å². The summed E-state index contributed by atoms with van der Waals surface area (Å²) in [6, 6.07) is 46.3. The number of nitrogens with two attached hydrogens (primary N) is 2. The number of hydrogen-bond donors (Lipinski definition) is 3. The summed E-state index contributed by atoms with van der Waals surface area (Å²) in [5, 5.41) is 3.56. The molecule has 6 rings (SSSR count). The van der Waals surface area contributed by atoms with E-state index in [1.165, 1.54) is 44.7 Å². The van der Waals surface area contributed by atoms with Gasteiger partial charge < -0.3 is 16.8 Å². The minimum Gasteiger partial charge on any atom is -0.384 e.